The molecule has 0 saturated carbocycles. The van der Waals surface area contributed by atoms with E-state index in [4.69, 9.17) is 5.11 Å². The van der Waals surface area contributed by atoms with Crippen LogP contribution in [-0.2, 0) is 9.47 Å². The molecule has 0 rings (SSSR count). The molecule has 0 aliphatic rings. The van der Waals surface area contributed by atoms with Crippen molar-refractivity contribution < 1.29 is 76.0 Å². The average molecular weight is 470 g/mol. The van der Waals surface area contributed by atoms with Gasteiger partial charge >= 0.3 is 24.4 Å². The Balaban J connectivity index is 6.62. The second-order valence-electron chi connectivity index (χ2n) is 5.97. The predicted octanol–water partition coefficient (Wildman–Crippen LogP) is 5.34. The largest absolute Gasteiger partial charge is 0.453 e. The Morgan fingerprint density at radius 3 is 1.03 bits per heavy atom. The zero-order chi connectivity index (χ0) is 24.1. The first-order chi connectivity index (χ1) is 12.2. The molecule has 0 unspecified atom stereocenters. The van der Waals surface area contributed by atoms with E-state index in [9.17, 15) is 61.5 Å². The van der Waals surface area contributed by atoms with Crippen LogP contribution < -0.4 is 0 Å². The molecule has 0 aliphatic carbocycles. The molecule has 0 bridgehead atoms. The normalized spacial score (nSPS) is 16.3. The lowest BCUT2D eigenvalue weighted by Gasteiger charge is -2.49. The fourth-order valence-electron chi connectivity index (χ4n) is 2.50. The SMILES string of the molecule is CC(F)(F)C(C(C)(F)F)(C(C)(F)F)C(F)(F)OC(F)(F)C(F)(F)OC(F)(F)CO. The molecule has 0 spiro atoms. The predicted molar refractivity (Wildman–Crippen MR) is 63.3 cm³/mol. The summed E-state index contributed by atoms with van der Waals surface area (Å²) in [4.78, 5) is 0. The lowest BCUT2D eigenvalue weighted by atomic mass is 9.70. The number of rotatable bonds is 10. The molecular formula is C12H12F14O3. The van der Waals surface area contributed by atoms with Gasteiger partial charge in [0, 0.05) is 20.8 Å². The van der Waals surface area contributed by atoms with Gasteiger partial charge in [-0.1, -0.05) is 0 Å². The summed E-state index contributed by atoms with van der Waals surface area (Å²) in [7, 11) is 0. The molecule has 0 saturated heterocycles. The lowest BCUT2D eigenvalue weighted by molar-refractivity contribution is -0.547. The molecular weight excluding hydrogens is 458 g/mol. The third kappa shape index (κ3) is 4.81. The van der Waals surface area contributed by atoms with E-state index in [1.807, 2.05) is 4.74 Å². The van der Waals surface area contributed by atoms with Crippen molar-refractivity contribution in [3.05, 3.63) is 0 Å². The second kappa shape index (κ2) is 7.25. The molecule has 0 fully saturated rings. The zero-order valence-corrected chi connectivity index (χ0v) is 14.3. The van der Waals surface area contributed by atoms with E-state index in [1.165, 1.54) is 0 Å². The van der Waals surface area contributed by atoms with Crippen LogP contribution >= 0.6 is 0 Å². The minimum Gasteiger partial charge on any atom is -0.387 e. The molecule has 0 atom stereocenters. The molecule has 29 heavy (non-hydrogen) atoms. The Kier molecular flexibility index (Phi) is 6.97. The van der Waals surface area contributed by atoms with Crippen molar-refractivity contribution in [2.45, 2.75) is 63.0 Å². The summed E-state index contributed by atoms with van der Waals surface area (Å²) in [5.41, 5.74) is -6.50. The van der Waals surface area contributed by atoms with Crippen molar-refractivity contribution >= 4 is 0 Å². The van der Waals surface area contributed by atoms with E-state index in [1.54, 1.807) is 0 Å². The molecule has 1 N–H and O–H groups in total. The van der Waals surface area contributed by atoms with Crippen molar-refractivity contribution in [1.82, 2.24) is 0 Å². The minimum atomic E-state index is -7.19. The molecule has 0 amide bonds. The van der Waals surface area contributed by atoms with Gasteiger partial charge in [0.25, 0.3) is 17.8 Å². The fourth-order valence-corrected chi connectivity index (χ4v) is 2.50. The van der Waals surface area contributed by atoms with Crippen LogP contribution in [0.5, 0.6) is 0 Å². The standard InChI is InChI=1S/C12H12F14O3/c1-5(13,14)9(6(2,15)16,7(3,17)18)10(21,22)29-12(25,26)11(23,24)28-8(19,20)4-27/h27H,4H2,1-3H3. The molecule has 0 aromatic rings. The van der Waals surface area contributed by atoms with E-state index in [0.717, 1.165) is 0 Å². The topological polar surface area (TPSA) is 38.7 Å². The lowest BCUT2D eigenvalue weighted by Crippen LogP contribution is -2.72. The highest BCUT2D eigenvalue weighted by molar-refractivity contribution is 5.11. The first kappa shape index (κ1) is 27.9. The van der Waals surface area contributed by atoms with Crippen LogP contribution in [0.3, 0.4) is 0 Å². The van der Waals surface area contributed by atoms with E-state index < -0.39 is 75.0 Å². The third-order valence-electron chi connectivity index (χ3n) is 3.47. The third-order valence-corrected chi connectivity index (χ3v) is 3.47. The van der Waals surface area contributed by atoms with E-state index >= 15 is 0 Å². The van der Waals surface area contributed by atoms with Crippen LogP contribution in [0.4, 0.5) is 61.5 Å². The van der Waals surface area contributed by atoms with Crippen LogP contribution in [0.1, 0.15) is 20.8 Å². The summed E-state index contributed by atoms with van der Waals surface area (Å²) in [6, 6.07) is 0. The summed E-state index contributed by atoms with van der Waals surface area (Å²) in [6.45, 7) is -5.67. The van der Waals surface area contributed by atoms with Crippen LogP contribution in [0, 0.1) is 5.41 Å². The summed E-state index contributed by atoms with van der Waals surface area (Å²) in [5.74, 6) is -18.0. The Morgan fingerprint density at radius 1 is 0.517 bits per heavy atom. The van der Waals surface area contributed by atoms with E-state index in [0.29, 0.717) is 0 Å². The number of aliphatic hydroxyl groups is 1. The maximum absolute atomic E-state index is 14.0. The summed E-state index contributed by atoms with van der Waals surface area (Å²) in [6.07, 6.45) is -26.8. The highest BCUT2D eigenvalue weighted by Crippen LogP contribution is 2.66. The van der Waals surface area contributed by atoms with Crippen LogP contribution in [-0.4, -0.2) is 53.9 Å². The molecule has 0 radical (unpaired) electrons. The number of ether oxygens (including phenoxy) is 2. The number of hydrogen-bond donors (Lipinski definition) is 1. The van der Waals surface area contributed by atoms with Crippen molar-refractivity contribution in [1.29, 1.82) is 0 Å². The molecule has 0 aromatic heterocycles. The van der Waals surface area contributed by atoms with Crippen LogP contribution in [0.15, 0.2) is 0 Å². The van der Waals surface area contributed by atoms with Gasteiger partial charge in [0.1, 0.15) is 6.61 Å². The molecule has 0 aromatic carbocycles. The molecule has 17 heteroatoms. The van der Waals surface area contributed by atoms with Gasteiger partial charge in [-0.2, -0.15) is 35.1 Å². The van der Waals surface area contributed by atoms with Gasteiger partial charge in [0.15, 0.2) is 0 Å². The molecule has 3 nitrogen and oxygen atoms in total. The van der Waals surface area contributed by atoms with E-state index in [-0.39, 0.29) is 0 Å². The summed E-state index contributed by atoms with van der Waals surface area (Å²) >= 11 is 0. The summed E-state index contributed by atoms with van der Waals surface area (Å²) in [5, 5.41) is 7.97. The van der Waals surface area contributed by atoms with Gasteiger partial charge in [-0.25, -0.2) is 35.8 Å². The average Bonchev–Trinajstić information content (AvgIpc) is 2.29. The quantitative estimate of drug-likeness (QED) is 0.439. The maximum Gasteiger partial charge on any atom is 0.453 e. The van der Waals surface area contributed by atoms with Crippen molar-refractivity contribution in [2.24, 2.45) is 5.41 Å². The molecule has 176 valence electrons. The Bertz CT molecular complexity index is 536. The van der Waals surface area contributed by atoms with Crippen molar-refractivity contribution in [3.63, 3.8) is 0 Å². The van der Waals surface area contributed by atoms with Gasteiger partial charge in [-0.3, -0.25) is 0 Å². The van der Waals surface area contributed by atoms with E-state index in [2.05, 4.69) is 4.74 Å². The van der Waals surface area contributed by atoms with Gasteiger partial charge < -0.3 is 5.11 Å². The fraction of sp³-hybridized carbons (Fsp3) is 1.00. The number of aliphatic hydroxyl groups excluding tert-OH is 1. The second-order valence-corrected chi connectivity index (χ2v) is 5.97. The first-order valence-electron chi connectivity index (χ1n) is 6.88. The first-order valence-corrected chi connectivity index (χ1v) is 6.88. The van der Waals surface area contributed by atoms with Gasteiger partial charge in [-0.15, -0.1) is 0 Å². The Labute approximate surface area is 152 Å². The van der Waals surface area contributed by atoms with Crippen molar-refractivity contribution in [3.8, 4) is 0 Å². The number of hydrogen-bond acceptors (Lipinski definition) is 3. The Hall–Kier alpha value is -1.10. The maximum atomic E-state index is 14.0. The van der Waals surface area contributed by atoms with Gasteiger partial charge in [0.05, 0.1) is 0 Å². The van der Waals surface area contributed by atoms with Crippen LogP contribution in [0.25, 0.3) is 0 Å². The van der Waals surface area contributed by atoms with Crippen molar-refractivity contribution in [2.75, 3.05) is 6.61 Å². The number of halogens is 14. The minimum absolute atomic E-state index is 0.980. The Morgan fingerprint density at radius 2 is 0.793 bits per heavy atom. The molecule has 0 heterocycles. The van der Waals surface area contributed by atoms with Crippen LogP contribution in [0.2, 0.25) is 0 Å². The summed E-state index contributed by atoms with van der Waals surface area (Å²) < 4.78 is 191. The molecule has 0 aliphatic heterocycles. The van der Waals surface area contributed by atoms with Gasteiger partial charge in [-0.05, 0) is 0 Å². The highest BCUT2D eigenvalue weighted by atomic mass is 19.3. The monoisotopic (exact) mass is 470 g/mol. The zero-order valence-electron chi connectivity index (χ0n) is 14.3. The smallest absolute Gasteiger partial charge is 0.387 e. The van der Waals surface area contributed by atoms with Gasteiger partial charge in [0.2, 0.25) is 5.41 Å². The number of alkyl halides is 14. The highest BCUT2D eigenvalue weighted by Gasteiger charge is 2.88.